The van der Waals surface area contributed by atoms with E-state index in [1.54, 1.807) is 24.9 Å². The highest BCUT2D eigenvalue weighted by Crippen LogP contribution is 2.31. The Bertz CT molecular complexity index is 857. The number of nitrogens with zero attached hydrogens (tertiary/aromatic N) is 4. The number of methoxy groups -OCH3 is 1. The monoisotopic (exact) mass is 428 g/mol. The number of nitrogens with one attached hydrogen (secondary N) is 2. The first-order chi connectivity index (χ1) is 14.9. The summed E-state index contributed by atoms with van der Waals surface area (Å²) in [5.74, 6) is 1.59. The molecule has 31 heavy (non-hydrogen) atoms. The summed E-state index contributed by atoms with van der Waals surface area (Å²) in [7, 11) is 3.56. The molecule has 1 aliphatic heterocycles. The van der Waals surface area contributed by atoms with E-state index in [-0.39, 0.29) is 12.6 Å². The van der Waals surface area contributed by atoms with E-state index in [4.69, 9.17) is 4.74 Å². The predicted molar refractivity (Wildman–Crippen MR) is 123 cm³/mol. The van der Waals surface area contributed by atoms with Crippen molar-refractivity contribution < 1.29 is 9.84 Å². The van der Waals surface area contributed by atoms with Crippen molar-refractivity contribution in [3.8, 4) is 5.75 Å². The van der Waals surface area contributed by atoms with E-state index in [1.807, 2.05) is 32.3 Å². The van der Waals surface area contributed by atoms with Gasteiger partial charge in [-0.05, 0) is 45.8 Å². The van der Waals surface area contributed by atoms with E-state index >= 15 is 0 Å². The van der Waals surface area contributed by atoms with Crippen molar-refractivity contribution in [1.82, 2.24) is 25.3 Å². The average Bonchev–Trinajstić information content (AvgIpc) is 3.45. The number of likely N-dealkylation sites (tertiary alicyclic amines) is 1. The van der Waals surface area contributed by atoms with Crippen LogP contribution in [-0.4, -0.2) is 65.6 Å². The number of hydrogen-bond donors (Lipinski definition) is 3. The quantitative estimate of drug-likeness (QED) is 0.419. The molecule has 8 heteroatoms. The molecule has 1 aliphatic rings. The molecule has 2 unspecified atom stereocenters. The zero-order chi connectivity index (χ0) is 22.3. The van der Waals surface area contributed by atoms with Crippen molar-refractivity contribution in [1.29, 1.82) is 0 Å². The molecular formula is C23H36N6O2. The number of hydrogen-bond acceptors (Lipinski definition) is 5. The lowest BCUT2D eigenvalue weighted by molar-refractivity contribution is 0.0671. The third kappa shape index (κ3) is 5.98. The number of para-hydroxylation sites is 1. The van der Waals surface area contributed by atoms with Gasteiger partial charge in [-0.3, -0.25) is 9.58 Å². The van der Waals surface area contributed by atoms with Gasteiger partial charge in [-0.15, -0.1) is 0 Å². The van der Waals surface area contributed by atoms with Crippen LogP contribution in [0.5, 0.6) is 5.75 Å². The molecule has 0 radical (unpaired) electrons. The highest BCUT2D eigenvalue weighted by atomic mass is 16.5. The number of ether oxygens (including phenoxy) is 1. The molecule has 0 aliphatic carbocycles. The SMILES string of the molecule is CCNC(=NCC(C)(O)c1cnn(C)c1)NCC(c1ccccc1OC)N1CCCC1. The minimum absolute atomic E-state index is 0.182. The molecule has 2 heterocycles. The van der Waals surface area contributed by atoms with Crippen LogP contribution in [0.15, 0.2) is 41.7 Å². The maximum Gasteiger partial charge on any atom is 0.191 e. The second-order valence-electron chi connectivity index (χ2n) is 8.25. The predicted octanol–water partition coefficient (Wildman–Crippen LogP) is 2.03. The fourth-order valence-corrected chi connectivity index (χ4v) is 3.99. The van der Waals surface area contributed by atoms with Gasteiger partial charge in [0.1, 0.15) is 11.4 Å². The lowest BCUT2D eigenvalue weighted by Gasteiger charge is -2.30. The molecule has 8 nitrogen and oxygen atoms in total. The molecule has 2 aromatic rings. The molecular weight excluding hydrogens is 392 g/mol. The topological polar surface area (TPSA) is 86.9 Å². The van der Waals surface area contributed by atoms with Gasteiger partial charge in [0, 0.05) is 37.5 Å². The van der Waals surface area contributed by atoms with Gasteiger partial charge in [-0.25, -0.2) is 4.99 Å². The standard InChI is InChI=1S/C23H36N6O2/c1-5-24-22(26-17-23(2,30)18-14-27-28(3)16-18)25-15-20(29-12-8-9-13-29)19-10-6-7-11-21(19)31-4/h6-7,10-11,14,16,20,30H,5,8-9,12-13,15,17H2,1-4H3,(H2,24,25,26). The van der Waals surface area contributed by atoms with E-state index in [2.05, 4.69) is 37.8 Å². The van der Waals surface area contributed by atoms with Crippen LogP contribution in [0.4, 0.5) is 0 Å². The summed E-state index contributed by atoms with van der Waals surface area (Å²) in [5, 5.41) is 21.8. The number of aliphatic imine (C=N–C) groups is 1. The van der Waals surface area contributed by atoms with Crippen LogP contribution < -0.4 is 15.4 Å². The summed E-state index contributed by atoms with van der Waals surface area (Å²) in [4.78, 5) is 7.16. The van der Waals surface area contributed by atoms with Crippen molar-refractivity contribution >= 4 is 5.96 Å². The molecule has 1 fully saturated rings. The number of aromatic nitrogens is 2. The Labute approximate surface area is 185 Å². The molecule has 1 aromatic heterocycles. The largest absolute Gasteiger partial charge is 0.496 e. The lowest BCUT2D eigenvalue weighted by Crippen LogP contribution is -2.43. The molecule has 1 saturated heterocycles. The lowest BCUT2D eigenvalue weighted by atomic mass is 10.0. The average molecular weight is 429 g/mol. The zero-order valence-electron chi connectivity index (χ0n) is 19.1. The zero-order valence-corrected chi connectivity index (χ0v) is 19.1. The third-order valence-corrected chi connectivity index (χ3v) is 5.76. The number of rotatable bonds is 9. The Morgan fingerprint density at radius 3 is 2.68 bits per heavy atom. The number of guanidine groups is 1. The second kappa shape index (κ2) is 10.6. The fraction of sp³-hybridized carbons (Fsp3) is 0.565. The Kier molecular flexibility index (Phi) is 7.92. The van der Waals surface area contributed by atoms with E-state index in [0.717, 1.165) is 30.9 Å². The van der Waals surface area contributed by atoms with Crippen LogP contribution in [0.25, 0.3) is 0 Å². The second-order valence-corrected chi connectivity index (χ2v) is 8.25. The van der Waals surface area contributed by atoms with Gasteiger partial charge in [0.25, 0.3) is 0 Å². The molecule has 3 rings (SSSR count). The highest BCUT2D eigenvalue weighted by molar-refractivity contribution is 5.79. The van der Waals surface area contributed by atoms with Crippen LogP contribution in [0, 0.1) is 0 Å². The van der Waals surface area contributed by atoms with E-state index in [9.17, 15) is 5.11 Å². The Morgan fingerprint density at radius 1 is 1.29 bits per heavy atom. The van der Waals surface area contributed by atoms with Gasteiger partial charge >= 0.3 is 0 Å². The van der Waals surface area contributed by atoms with E-state index < -0.39 is 5.60 Å². The third-order valence-electron chi connectivity index (χ3n) is 5.76. The van der Waals surface area contributed by atoms with Crippen LogP contribution in [0.1, 0.15) is 43.9 Å². The minimum Gasteiger partial charge on any atom is -0.496 e. The van der Waals surface area contributed by atoms with Gasteiger partial charge < -0.3 is 20.5 Å². The first kappa shape index (κ1) is 23.1. The summed E-state index contributed by atoms with van der Waals surface area (Å²) in [6.45, 7) is 7.62. The van der Waals surface area contributed by atoms with Crippen LogP contribution in [-0.2, 0) is 12.6 Å². The van der Waals surface area contributed by atoms with Gasteiger partial charge in [-0.2, -0.15) is 5.10 Å². The van der Waals surface area contributed by atoms with Crippen LogP contribution in [0.2, 0.25) is 0 Å². The summed E-state index contributed by atoms with van der Waals surface area (Å²) < 4.78 is 7.33. The molecule has 3 N–H and O–H groups in total. The van der Waals surface area contributed by atoms with Gasteiger partial charge in [0.05, 0.1) is 25.9 Å². The van der Waals surface area contributed by atoms with Crippen molar-refractivity contribution in [2.45, 2.75) is 38.3 Å². The Balaban J connectivity index is 1.74. The smallest absolute Gasteiger partial charge is 0.191 e. The molecule has 0 amide bonds. The van der Waals surface area contributed by atoms with Crippen molar-refractivity contribution in [3.05, 3.63) is 47.8 Å². The first-order valence-corrected chi connectivity index (χ1v) is 11.0. The van der Waals surface area contributed by atoms with Gasteiger partial charge in [0.15, 0.2) is 5.96 Å². The highest BCUT2D eigenvalue weighted by Gasteiger charge is 2.27. The summed E-state index contributed by atoms with van der Waals surface area (Å²) in [5.41, 5.74) is 0.837. The summed E-state index contributed by atoms with van der Waals surface area (Å²) >= 11 is 0. The Morgan fingerprint density at radius 2 is 2.03 bits per heavy atom. The van der Waals surface area contributed by atoms with Crippen LogP contribution >= 0.6 is 0 Å². The van der Waals surface area contributed by atoms with Crippen LogP contribution in [0.3, 0.4) is 0 Å². The molecule has 1 aromatic carbocycles. The molecule has 0 bridgehead atoms. The first-order valence-electron chi connectivity index (χ1n) is 11.0. The van der Waals surface area contributed by atoms with Crippen molar-refractivity contribution in [2.24, 2.45) is 12.0 Å². The number of benzene rings is 1. The normalized spacial score (nSPS) is 17.9. The summed E-state index contributed by atoms with van der Waals surface area (Å²) in [6, 6.07) is 8.40. The molecule has 0 saturated carbocycles. The van der Waals surface area contributed by atoms with E-state index in [0.29, 0.717) is 12.5 Å². The number of aryl methyl sites for hydroxylation is 1. The summed E-state index contributed by atoms with van der Waals surface area (Å²) in [6.07, 6.45) is 5.93. The number of aliphatic hydroxyl groups is 1. The minimum atomic E-state index is -1.09. The molecule has 2 atom stereocenters. The molecule has 170 valence electrons. The van der Waals surface area contributed by atoms with Crippen molar-refractivity contribution in [2.75, 3.05) is 39.8 Å². The van der Waals surface area contributed by atoms with Crippen molar-refractivity contribution in [3.63, 3.8) is 0 Å². The maximum atomic E-state index is 10.9. The van der Waals surface area contributed by atoms with Gasteiger partial charge in [-0.1, -0.05) is 18.2 Å². The Hall–Kier alpha value is -2.58. The van der Waals surface area contributed by atoms with E-state index in [1.165, 1.54) is 18.4 Å². The fourth-order valence-electron chi connectivity index (χ4n) is 3.99. The molecule has 0 spiro atoms. The maximum absolute atomic E-state index is 10.9. The van der Waals surface area contributed by atoms with Gasteiger partial charge in [0.2, 0.25) is 0 Å².